The Hall–Kier alpha value is -2.99. The minimum absolute atomic E-state index is 0.186. The lowest BCUT2D eigenvalue weighted by Gasteiger charge is -2.06. The second-order valence-electron chi connectivity index (χ2n) is 5.42. The predicted molar refractivity (Wildman–Crippen MR) is 94.7 cm³/mol. The number of fused-ring (bicyclic) bond motifs is 1. The van der Waals surface area contributed by atoms with Crippen molar-refractivity contribution >= 4 is 39.5 Å². The van der Waals surface area contributed by atoms with Crippen LogP contribution in [-0.2, 0) is 16.1 Å². The van der Waals surface area contributed by atoms with Gasteiger partial charge in [0, 0.05) is 16.9 Å². The van der Waals surface area contributed by atoms with Crippen molar-refractivity contribution < 1.29 is 32.3 Å². The highest BCUT2D eigenvalue weighted by molar-refractivity contribution is 7.09. The molecule has 1 atom stereocenters. The molecule has 0 saturated heterocycles. The number of halogens is 3. The molecule has 0 aliphatic carbocycles. The van der Waals surface area contributed by atoms with E-state index in [1.807, 2.05) is 30.3 Å². The monoisotopic (exact) mass is 416 g/mol. The fraction of sp³-hybridized carbons (Fsp3) is 0.250. The molecule has 2 heterocycles. The summed E-state index contributed by atoms with van der Waals surface area (Å²) in [4.78, 5) is 25.2. The molecule has 150 valence electrons. The standard InChI is InChI=1S/C14H14N4O2S.C2HF3O2/c1-8(11-6-9-4-2-3-5-10(9)20-11)13(19)17-14-16-12(7-15)18-21-14;3-2(4,5)1(6)7/h2-6,8H,7,15H2,1H3,(H,16,17,18,19);(H,6,7). The van der Waals surface area contributed by atoms with Gasteiger partial charge in [0.2, 0.25) is 11.0 Å². The normalized spacial score (nSPS) is 12.2. The van der Waals surface area contributed by atoms with Gasteiger partial charge in [0.15, 0.2) is 5.82 Å². The van der Waals surface area contributed by atoms with Crippen LogP contribution < -0.4 is 11.1 Å². The number of carboxylic acids is 1. The molecule has 0 bridgehead atoms. The Morgan fingerprint density at radius 2 is 2.00 bits per heavy atom. The van der Waals surface area contributed by atoms with Gasteiger partial charge in [0.05, 0.1) is 12.5 Å². The number of carboxylic acid groups (broad SMARTS) is 1. The van der Waals surface area contributed by atoms with E-state index in [1.165, 1.54) is 0 Å². The second kappa shape index (κ2) is 8.80. The lowest BCUT2D eigenvalue weighted by Crippen LogP contribution is -2.21. The van der Waals surface area contributed by atoms with E-state index in [9.17, 15) is 18.0 Å². The molecule has 0 fully saturated rings. The molecular weight excluding hydrogens is 401 g/mol. The van der Waals surface area contributed by atoms with Crippen LogP contribution in [0.25, 0.3) is 11.0 Å². The fourth-order valence-electron chi connectivity index (χ4n) is 1.95. The quantitative estimate of drug-likeness (QED) is 0.595. The molecule has 8 nitrogen and oxygen atoms in total. The first-order chi connectivity index (χ1) is 13.1. The number of amides is 1. The number of rotatable bonds is 4. The summed E-state index contributed by atoms with van der Waals surface area (Å²) in [6, 6.07) is 9.54. The largest absolute Gasteiger partial charge is 0.490 e. The number of anilines is 1. The summed E-state index contributed by atoms with van der Waals surface area (Å²) in [7, 11) is 0. The predicted octanol–water partition coefficient (Wildman–Crippen LogP) is 3.12. The van der Waals surface area contributed by atoms with E-state index in [4.69, 9.17) is 20.1 Å². The van der Waals surface area contributed by atoms with Crippen LogP contribution in [0, 0.1) is 0 Å². The van der Waals surface area contributed by atoms with Crippen molar-refractivity contribution in [1.82, 2.24) is 9.36 Å². The van der Waals surface area contributed by atoms with Gasteiger partial charge in [-0.2, -0.15) is 17.5 Å². The number of alkyl halides is 3. The summed E-state index contributed by atoms with van der Waals surface area (Å²) in [5.74, 6) is -2.21. The number of carbonyl (C=O) groups excluding carboxylic acids is 1. The molecule has 28 heavy (non-hydrogen) atoms. The van der Waals surface area contributed by atoms with Crippen molar-refractivity contribution in [3.8, 4) is 0 Å². The smallest absolute Gasteiger partial charge is 0.475 e. The Balaban J connectivity index is 0.000000345. The van der Waals surface area contributed by atoms with E-state index in [1.54, 1.807) is 6.92 Å². The number of nitrogens with two attached hydrogens (primary N) is 1. The van der Waals surface area contributed by atoms with Gasteiger partial charge in [-0.15, -0.1) is 0 Å². The van der Waals surface area contributed by atoms with E-state index in [2.05, 4.69) is 14.7 Å². The molecule has 12 heteroatoms. The lowest BCUT2D eigenvalue weighted by molar-refractivity contribution is -0.192. The number of aliphatic carboxylic acids is 1. The molecule has 1 unspecified atom stereocenters. The number of para-hydroxylation sites is 1. The van der Waals surface area contributed by atoms with Crippen LogP contribution >= 0.6 is 11.5 Å². The SMILES string of the molecule is CC(C(=O)Nc1nc(CN)ns1)c1cc2ccccc2o1.O=C(O)C(F)(F)F. The van der Waals surface area contributed by atoms with E-state index >= 15 is 0 Å². The molecule has 0 saturated carbocycles. The summed E-state index contributed by atoms with van der Waals surface area (Å²) in [6.07, 6.45) is -5.08. The number of carbonyl (C=O) groups is 2. The minimum atomic E-state index is -5.08. The third-order valence-electron chi connectivity index (χ3n) is 3.39. The zero-order chi connectivity index (χ0) is 20.9. The molecule has 3 rings (SSSR count). The van der Waals surface area contributed by atoms with Crippen molar-refractivity contribution in [2.24, 2.45) is 5.73 Å². The second-order valence-corrected chi connectivity index (χ2v) is 6.17. The van der Waals surface area contributed by atoms with Crippen LogP contribution in [0.2, 0.25) is 0 Å². The third kappa shape index (κ3) is 5.50. The average molecular weight is 416 g/mol. The van der Waals surface area contributed by atoms with Crippen LogP contribution in [-0.4, -0.2) is 32.5 Å². The number of benzene rings is 1. The van der Waals surface area contributed by atoms with Crippen LogP contribution in [0.3, 0.4) is 0 Å². The number of aromatic nitrogens is 2. The summed E-state index contributed by atoms with van der Waals surface area (Å²) in [5, 5.41) is 11.3. The van der Waals surface area contributed by atoms with Gasteiger partial charge in [-0.1, -0.05) is 18.2 Å². The van der Waals surface area contributed by atoms with Crippen molar-refractivity contribution in [2.75, 3.05) is 5.32 Å². The van der Waals surface area contributed by atoms with Gasteiger partial charge in [0.25, 0.3) is 0 Å². The fourth-order valence-corrected chi connectivity index (χ4v) is 2.55. The van der Waals surface area contributed by atoms with Crippen LogP contribution in [0.15, 0.2) is 34.7 Å². The Bertz CT molecular complexity index is 937. The first-order valence-corrected chi connectivity index (χ1v) is 8.51. The summed E-state index contributed by atoms with van der Waals surface area (Å²) >= 11 is 1.12. The first kappa shape index (κ1) is 21.3. The molecule has 0 spiro atoms. The first-order valence-electron chi connectivity index (χ1n) is 7.74. The van der Waals surface area contributed by atoms with E-state index in [0.717, 1.165) is 22.5 Å². The number of hydrogen-bond acceptors (Lipinski definition) is 7. The minimum Gasteiger partial charge on any atom is -0.475 e. The van der Waals surface area contributed by atoms with Gasteiger partial charge < -0.3 is 20.6 Å². The van der Waals surface area contributed by atoms with Crippen molar-refractivity contribution in [1.29, 1.82) is 0 Å². The summed E-state index contributed by atoms with van der Waals surface area (Å²) in [6.45, 7) is 2.05. The highest BCUT2D eigenvalue weighted by atomic mass is 32.1. The van der Waals surface area contributed by atoms with Crippen molar-refractivity contribution in [2.45, 2.75) is 25.6 Å². The van der Waals surface area contributed by atoms with E-state index < -0.39 is 18.1 Å². The molecule has 0 radical (unpaired) electrons. The molecule has 4 N–H and O–H groups in total. The van der Waals surface area contributed by atoms with Gasteiger partial charge in [-0.05, 0) is 19.1 Å². The van der Waals surface area contributed by atoms with Crippen LogP contribution in [0.4, 0.5) is 18.3 Å². The van der Waals surface area contributed by atoms with Gasteiger partial charge >= 0.3 is 12.1 Å². The molecule has 2 aromatic heterocycles. The third-order valence-corrected chi connectivity index (χ3v) is 4.06. The zero-order valence-corrected chi connectivity index (χ0v) is 15.2. The maximum atomic E-state index is 12.2. The van der Waals surface area contributed by atoms with Crippen LogP contribution in [0.5, 0.6) is 0 Å². The highest BCUT2D eigenvalue weighted by Gasteiger charge is 2.38. The summed E-state index contributed by atoms with van der Waals surface area (Å²) < 4.78 is 41.5. The molecule has 0 aliphatic heterocycles. The molecule has 1 amide bonds. The number of nitrogens with zero attached hydrogens (tertiary/aromatic N) is 2. The molecule has 3 aromatic rings. The van der Waals surface area contributed by atoms with Gasteiger partial charge in [-0.25, -0.2) is 9.78 Å². The Labute approximate surface area is 160 Å². The summed E-state index contributed by atoms with van der Waals surface area (Å²) in [5.41, 5.74) is 6.21. The Morgan fingerprint density at radius 1 is 1.36 bits per heavy atom. The van der Waals surface area contributed by atoms with Gasteiger partial charge in [0.1, 0.15) is 11.3 Å². The Morgan fingerprint density at radius 3 is 2.54 bits per heavy atom. The number of nitrogens with one attached hydrogen (secondary N) is 1. The van der Waals surface area contributed by atoms with Gasteiger partial charge in [-0.3, -0.25) is 4.79 Å². The highest BCUT2D eigenvalue weighted by Crippen LogP contribution is 2.26. The number of hydrogen-bond donors (Lipinski definition) is 3. The van der Waals surface area contributed by atoms with Crippen molar-refractivity contribution in [3.63, 3.8) is 0 Å². The average Bonchev–Trinajstić information content (AvgIpc) is 3.26. The zero-order valence-electron chi connectivity index (χ0n) is 14.4. The lowest BCUT2D eigenvalue weighted by atomic mass is 10.1. The van der Waals surface area contributed by atoms with E-state index in [0.29, 0.717) is 16.7 Å². The number of furan rings is 1. The molecule has 0 aliphatic rings. The van der Waals surface area contributed by atoms with Crippen molar-refractivity contribution in [3.05, 3.63) is 41.9 Å². The maximum Gasteiger partial charge on any atom is 0.490 e. The molecule has 1 aromatic carbocycles. The van der Waals surface area contributed by atoms with Crippen LogP contribution in [0.1, 0.15) is 24.4 Å². The topological polar surface area (TPSA) is 131 Å². The molecular formula is C16H15F3N4O4S. The Kier molecular flexibility index (Phi) is 6.70. The van der Waals surface area contributed by atoms with E-state index in [-0.39, 0.29) is 12.5 Å². The maximum absolute atomic E-state index is 12.2.